The maximum absolute atomic E-state index is 11.2. The molecule has 3 aliphatic heterocycles. The third kappa shape index (κ3) is 5.39. The van der Waals surface area contributed by atoms with Crippen LogP contribution in [0.2, 0.25) is 0 Å². The summed E-state index contributed by atoms with van der Waals surface area (Å²) in [4.78, 5) is 7.28. The number of nitrogens with zero attached hydrogens (tertiary/aromatic N) is 3. The molecule has 3 fully saturated rings. The summed E-state index contributed by atoms with van der Waals surface area (Å²) in [7, 11) is 0. The van der Waals surface area contributed by atoms with E-state index in [0.717, 1.165) is 115 Å². The molecule has 0 atom stereocenters. The van der Waals surface area contributed by atoms with Gasteiger partial charge in [0.2, 0.25) is 0 Å². The Morgan fingerprint density at radius 3 is 1.59 bits per heavy atom. The Kier molecular flexibility index (Phi) is 7.23. The van der Waals surface area contributed by atoms with Crippen molar-refractivity contribution >= 4 is 5.69 Å². The molecular formula is C21H37N7O. The lowest BCUT2D eigenvalue weighted by Gasteiger charge is -2.32. The SMILES string of the molecule is Nc1c(CN2CCNCC2)cc(CN2CCNCC2)c(O)c1CN1CCNCC1. The van der Waals surface area contributed by atoms with E-state index in [9.17, 15) is 5.11 Å². The summed E-state index contributed by atoms with van der Waals surface area (Å²) in [6, 6.07) is 2.16. The third-order valence-electron chi connectivity index (χ3n) is 6.41. The third-order valence-corrected chi connectivity index (χ3v) is 6.41. The monoisotopic (exact) mass is 403 g/mol. The Labute approximate surface area is 174 Å². The van der Waals surface area contributed by atoms with Gasteiger partial charge < -0.3 is 26.8 Å². The largest absolute Gasteiger partial charge is 0.507 e. The van der Waals surface area contributed by atoms with E-state index in [0.29, 0.717) is 5.75 Å². The lowest BCUT2D eigenvalue weighted by atomic mass is 9.99. The van der Waals surface area contributed by atoms with Crippen LogP contribution in [-0.2, 0) is 19.6 Å². The van der Waals surface area contributed by atoms with Crippen LogP contribution in [0.3, 0.4) is 0 Å². The van der Waals surface area contributed by atoms with Crippen LogP contribution in [-0.4, -0.2) is 98.3 Å². The topological polar surface area (TPSA) is 92.1 Å². The highest BCUT2D eigenvalue weighted by Crippen LogP contribution is 2.34. The number of hydrogen-bond donors (Lipinski definition) is 5. The molecule has 0 amide bonds. The lowest BCUT2D eigenvalue weighted by Crippen LogP contribution is -2.44. The van der Waals surface area contributed by atoms with Crippen LogP contribution in [0.5, 0.6) is 5.75 Å². The Morgan fingerprint density at radius 2 is 1.10 bits per heavy atom. The number of rotatable bonds is 6. The highest BCUT2D eigenvalue weighted by Gasteiger charge is 2.22. The van der Waals surface area contributed by atoms with Gasteiger partial charge in [-0.3, -0.25) is 14.7 Å². The molecule has 1 aromatic rings. The van der Waals surface area contributed by atoms with Crippen molar-refractivity contribution in [1.29, 1.82) is 0 Å². The van der Waals surface area contributed by atoms with Crippen molar-refractivity contribution in [1.82, 2.24) is 30.7 Å². The van der Waals surface area contributed by atoms with Gasteiger partial charge in [0, 0.05) is 115 Å². The van der Waals surface area contributed by atoms with Gasteiger partial charge in [-0.1, -0.05) is 0 Å². The van der Waals surface area contributed by atoms with Gasteiger partial charge in [0.15, 0.2) is 0 Å². The highest BCUT2D eigenvalue weighted by molar-refractivity contribution is 5.62. The van der Waals surface area contributed by atoms with Crippen LogP contribution >= 0.6 is 0 Å². The second kappa shape index (κ2) is 10.1. The number of anilines is 1. The summed E-state index contributed by atoms with van der Waals surface area (Å²) in [5, 5.41) is 21.4. The van der Waals surface area contributed by atoms with Crippen molar-refractivity contribution in [2.45, 2.75) is 19.6 Å². The van der Waals surface area contributed by atoms with Crippen molar-refractivity contribution in [2.75, 3.05) is 84.3 Å². The summed E-state index contributed by atoms with van der Waals surface area (Å²) < 4.78 is 0. The van der Waals surface area contributed by atoms with Gasteiger partial charge in [-0.2, -0.15) is 0 Å². The van der Waals surface area contributed by atoms with Gasteiger partial charge >= 0.3 is 0 Å². The average molecular weight is 404 g/mol. The first-order chi connectivity index (χ1) is 14.2. The fraction of sp³-hybridized carbons (Fsp3) is 0.714. The summed E-state index contributed by atoms with van der Waals surface area (Å²) in [5.74, 6) is 0.406. The molecule has 3 aliphatic rings. The van der Waals surface area contributed by atoms with Crippen molar-refractivity contribution in [3.8, 4) is 5.75 Å². The predicted octanol–water partition coefficient (Wildman–Crippen LogP) is -0.810. The van der Waals surface area contributed by atoms with Crippen molar-refractivity contribution in [3.63, 3.8) is 0 Å². The van der Waals surface area contributed by atoms with Crippen molar-refractivity contribution in [3.05, 3.63) is 22.8 Å². The van der Waals surface area contributed by atoms with E-state index in [4.69, 9.17) is 5.73 Å². The smallest absolute Gasteiger partial charge is 0.126 e. The number of phenols is 1. The van der Waals surface area contributed by atoms with Crippen LogP contribution in [0.25, 0.3) is 0 Å². The van der Waals surface area contributed by atoms with Gasteiger partial charge in [0.05, 0.1) is 0 Å². The molecule has 29 heavy (non-hydrogen) atoms. The summed E-state index contributed by atoms with van der Waals surface area (Å²) in [6.07, 6.45) is 0. The Bertz CT molecular complexity index is 621. The number of nitrogens with two attached hydrogens (primary N) is 1. The van der Waals surface area contributed by atoms with E-state index < -0.39 is 0 Å². The molecule has 0 saturated carbocycles. The first-order valence-corrected chi connectivity index (χ1v) is 11.1. The molecule has 0 bridgehead atoms. The maximum atomic E-state index is 11.2. The summed E-state index contributed by atoms with van der Waals surface area (Å²) in [5.41, 5.74) is 10.5. The molecule has 8 heteroatoms. The molecule has 162 valence electrons. The predicted molar refractivity (Wildman–Crippen MR) is 117 cm³/mol. The second-order valence-corrected chi connectivity index (χ2v) is 8.51. The van der Waals surface area contributed by atoms with E-state index in [1.54, 1.807) is 0 Å². The van der Waals surface area contributed by atoms with Gasteiger partial charge in [0.1, 0.15) is 5.75 Å². The second-order valence-electron chi connectivity index (χ2n) is 8.51. The van der Waals surface area contributed by atoms with E-state index in [-0.39, 0.29) is 0 Å². The maximum Gasteiger partial charge on any atom is 0.126 e. The normalized spacial score (nSPS) is 22.8. The van der Waals surface area contributed by atoms with Crippen LogP contribution in [0, 0.1) is 0 Å². The van der Waals surface area contributed by atoms with Crippen LogP contribution in [0.4, 0.5) is 5.69 Å². The zero-order valence-electron chi connectivity index (χ0n) is 17.6. The number of nitrogens with one attached hydrogen (secondary N) is 3. The van der Waals surface area contributed by atoms with Crippen LogP contribution < -0.4 is 21.7 Å². The average Bonchev–Trinajstić information content (AvgIpc) is 2.77. The summed E-state index contributed by atoms with van der Waals surface area (Å²) in [6.45, 7) is 14.5. The quantitative estimate of drug-likeness (QED) is 0.394. The zero-order valence-corrected chi connectivity index (χ0v) is 17.6. The lowest BCUT2D eigenvalue weighted by molar-refractivity contribution is 0.222. The molecule has 4 rings (SSSR count). The van der Waals surface area contributed by atoms with Gasteiger partial charge in [0.25, 0.3) is 0 Å². The fourth-order valence-electron chi connectivity index (χ4n) is 4.60. The number of hydrogen-bond acceptors (Lipinski definition) is 8. The molecule has 0 radical (unpaired) electrons. The number of phenolic OH excluding ortho intramolecular Hbond substituents is 1. The minimum absolute atomic E-state index is 0.406. The van der Waals surface area contributed by atoms with E-state index >= 15 is 0 Å². The Balaban J connectivity index is 1.59. The zero-order chi connectivity index (χ0) is 20.1. The Hall–Kier alpha value is -1.42. The fourth-order valence-corrected chi connectivity index (χ4v) is 4.60. The minimum Gasteiger partial charge on any atom is -0.507 e. The number of aromatic hydroxyl groups is 1. The molecule has 6 N–H and O–H groups in total. The van der Waals surface area contributed by atoms with E-state index in [1.165, 1.54) is 5.56 Å². The molecule has 8 nitrogen and oxygen atoms in total. The number of nitrogen functional groups attached to an aromatic ring is 1. The van der Waals surface area contributed by atoms with Gasteiger partial charge in [-0.25, -0.2) is 0 Å². The Morgan fingerprint density at radius 1 is 0.690 bits per heavy atom. The van der Waals surface area contributed by atoms with E-state index in [1.807, 2.05) is 0 Å². The molecular weight excluding hydrogens is 366 g/mol. The molecule has 0 spiro atoms. The van der Waals surface area contributed by atoms with Gasteiger partial charge in [-0.05, 0) is 11.6 Å². The van der Waals surface area contributed by atoms with Crippen molar-refractivity contribution in [2.24, 2.45) is 0 Å². The van der Waals surface area contributed by atoms with Gasteiger partial charge in [-0.15, -0.1) is 0 Å². The van der Waals surface area contributed by atoms with E-state index in [2.05, 4.69) is 36.7 Å². The standard InChI is InChI=1S/C21H37N7O/c22-20-17(14-26-7-1-23-2-8-26)13-18(15-27-9-3-24-4-10-27)21(29)19(20)16-28-11-5-25-6-12-28/h13,23-25,29H,1-12,14-16,22H2. The number of piperazine rings is 3. The molecule has 3 saturated heterocycles. The minimum atomic E-state index is 0.406. The molecule has 0 unspecified atom stereocenters. The molecule has 3 heterocycles. The molecule has 1 aromatic carbocycles. The first kappa shape index (κ1) is 20.8. The molecule has 0 aromatic heterocycles. The number of benzene rings is 1. The van der Waals surface area contributed by atoms with Crippen LogP contribution in [0.1, 0.15) is 16.7 Å². The molecule has 0 aliphatic carbocycles. The summed E-state index contributed by atoms with van der Waals surface area (Å²) >= 11 is 0. The van der Waals surface area contributed by atoms with Crippen LogP contribution in [0.15, 0.2) is 6.07 Å². The highest BCUT2D eigenvalue weighted by atomic mass is 16.3. The van der Waals surface area contributed by atoms with Crippen molar-refractivity contribution < 1.29 is 5.11 Å². The first-order valence-electron chi connectivity index (χ1n) is 11.1.